The molecule has 0 aromatic rings. The number of amides is 3. The monoisotopic (exact) mass is 1180 g/mol. The summed E-state index contributed by atoms with van der Waals surface area (Å²) in [5, 5.41) is 0. The largest absolute Gasteiger partial charge is 0.343 e. The molecule has 7 heteroatoms. The van der Waals surface area contributed by atoms with Crippen molar-refractivity contribution in [3.8, 4) is 0 Å². The molecule has 1 fully saturated rings. The van der Waals surface area contributed by atoms with Crippen molar-refractivity contribution in [3.05, 3.63) is 0 Å². The summed E-state index contributed by atoms with van der Waals surface area (Å²) in [4.78, 5) is 50.6. The van der Waals surface area contributed by atoms with E-state index in [0.717, 1.165) is 90.6 Å². The van der Waals surface area contributed by atoms with Crippen molar-refractivity contribution >= 4 is 17.7 Å². The predicted molar refractivity (Wildman–Crippen MR) is 370 cm³/mol. The Morgan fingerprint density at radius 2 is 0.464 bits per heavy atom. The quantitative estimate of drug-likeness (QED) is 0.0569. The summed E-state index contributed by atoms with van der Waals surface area (Å²) in [7, 11) is 0. The molecule has 1 atom stereocenters. The average molecular weight is 1180 g/mol. The van der Waals surface area contributed by atoms with Crippen molar-refractivity contribution in [2.45, 2.75) is 426 Å². The van der Waals surface area contributed by atoms with Gasteiger partial charge in [0.1, 0.15) is 0 Å². The minimum atomic E-state index is 0.329. The van der Waals surface area contributed by atoms with Crippen molar-refractivity contribution < 1.29 is 14.4 Å². The van der Waals surface area contributed by atoms with E-state index in [1.807, 2.05) is 0 Å². The Kier molecular flexibility index (Phi) is 58.9. The van der Waals surface area contributed by atoms with E-state index in [1.165, 1.54) is 341 Å². The summed E-state index contributed by atoms with van der Waals surface area (Å²) in [6.07, 6.45) is 73.6. The first-order valence-corrected chi connectivity index (χ1v) is 38.9. The minimum Gasteiger partial charge on any atom is -0.343 e. The van der Waals surface area contributed by atoms with Gasteiger partial charge in [0.15, 0.2) is 0 Å². The van der Waals surface area contributed by atoms with Gasteiger partial charge in [0.25, 0.3) is 0 Å². The number of hydrogen-bond donors (Lipinski definition) is 0. The van der Waals surface area contributed by atoms with E-state index in [4.69, 9.17) is 0 Å². The van der Waals surface area contributed by atoms with E-state index < -0.39 is 0 Å². The van der Waals surface area contributed by atoms with Gasteiger partial charge in [-0.1, -0.05) is 318 Å². The van der Waals surface area contributed by atoms with Crippen molar-refractivity contribution in [3.63, 3.8) is 0 Å². The summed E-state index contributed by atoms with van der Waals surface area (Å²) in [5.41, 5.74) is 0.329. The van der Waals surface area contributed by atoms with Crippen LogP contribution in [0.4, 0.5) is 0 Å². The maximum absolute atomic E-state index is 13.7. The Hall–Kier alpha value is -1.63. The topological polar surface area (TPSA) is 64.2 Å². The van der Waals surface area contributed by atoms with E-state index >= 15 is 0 Å². The Labute approximate surface area is 527 Å². The lowest BCUT2D eigenvalue weighted by Crippen LogP contribution is -2.59. The molecule has 0 aromatic carbocycles. The van der Waals surface area contributed by atoms with Crippen molar-refractivity contribution in [2.75, 3.05) is 52.4 Å². The van der Waals surface area contributed by atoms with Gasteiger partial charge in [-0.05, 0) is 90.0 Å². The molecule has 0 radical (unpaired) electrons. The number of likely N-dealkylation sites (tertiary alicyclic amines) is 1. The summed E-state index contributed by atoms with van der Waals surface area (Å²) in [6, 6.07) is 0. The number of nitrogens with zero attached hydrogens (tertiary/aromatic N) is 4. The van der Waals surface area contributed by atoms with E-state index in [2.05, 4.69) is 61.1 Å². The summed E-state index contributed by atoms with van der Waals surface area (Å²) >= 11 is 0. The number of unbranched alkanes of at least 4 members (excludes halogenated alkanes) is 44. The second kappa shape index (κ2) is 61.6. The van der Waals surface area contributed by atoms with E-state index in [-0.39, 0.29) is 0 Å². The summed E-state index contributed by atoms with van der Waals surface area (Å²) in [6.45, 7) is 22.0. The third kappa shape index (κ3) is 46.5. The lowest BCUT2D eigenvalue weighted by molar-refractivity contribution is -0.132. The van der Waals surface area contributed by atoms with Gasteiger partial charge >= 0.3 is 0 Å². The van der Waals surface area contributed by atoms with Gasteiger partial charge in [0, 0.05) is 70.6 Å². The van der Waals surface area contributed by atoms with Gasteiger partial charge in [-0.3, -0.25) is 19.3 Å². The van der Waals surface area contributed by atoms with E-state index in [0.29, 0.717) is 23.3 Å². The molecule has 7 nitrogen and oxygen atoms in total. The van der Waals surface area contributed by atoms with Crippen LogP contribution in [-0.2, 0) is 14.4 Å². The smallest absolute Gasteiger partial charge is 0.222 e. The van der Waals surface area contributed by atoms with E-state index in [9.17, 15) is 14.4 Å². The lowest BCUT2D eigenvalue weighted by Gasteiger charge is -2.54. The molecule has 0 bridgehead atoms. The molecule has 0 aromatic heterocycles. The Bertz CT molecular complexity index is 1360. The highest BCUT2D eigenvalue weighted by Crippen LogP contribution is 2.40. The molecule has 0 saturated carbocycles. The predicted octanol–water partition coefficient (Wildman–Crippen LogP) is 23.7. The summed E-state index contributed by atoms with van der Waals surface area (Å²) < 4.78 is 0. The first-order valence-electron chi connectivity index (χ1n) is 38.9. The van der Waals surface area contributed by atoms with Crippen LogP contribution in [-0.4, -0.2) is 95.2 Å². The fourth-order valence-corrected chi connectivity index (χ4v) is 13.7. The van der Waals surface area contributed by atoms with Crippen LogP contribution >= 0.6 is 0 Å². The zero-order valence-electron chi connectivity index (χ0n) is 58.4. The molecule has 0 spiro atoms. The first kappa shape index (κ1) is 80.4. The van der Waals surface area contributed by atoms with Gasteiger partial charge in [0.2, 0.25) is 17.7 Å². The molecule has 84 heavy (non-hydrogen) atoms. The molecule has 3 amide bonds. The van der Waals surface area contributed by atoms with Crippen molar-refractivity contribution in [1.29, 1.82) is 0 Å². The van der Waals surface area contributed by atoms with Gasteiger partial charge in [-0.2, -0.15) is 0 Å². The van der Waals surface area contributed by atoms with Crippen LogP contribution in [0.1, 0.15) is 420 Å². The third-order valence-corrected chi connectivity index (χ3v) is 19.6. The van der Waals surface area contributed by atoms with E-state index in [1.54, 1.807) is 0 Å². The molecule has 1 aliphatic rings. The molecule has 1 saturated heterocycles. The Morgan fingerprint density at radius 1 is 0.262 bits per heavy atom. The molecule has 0 aliphatic carbocycles. The maximum Gasteiger partial charge on any atom is 0.222 e. The third-order valence-electron chi connectivity index (χ3n) is 19.6. The van der Waals surface area contributed by atoms with Gasteiger partial charge in [-0.25, -0.2) is 0 Å². The minimum absolute atomic E-state index is 0.329. The van der Waals surface area contributed by atoms with Gasteiger partial charge < -0.3 is 14.7 Å². The fourth-order valence-electron chi connectivity index (χ4n) is 13.7. The molecular formula is C77H152N4O3. The molecule has 1 heterocycles. The molecule has 498 valence electrons. The molecule has 0 N–H and O–H groups in total. The van der Waals surface area contributed by atoms with Gasteiger partial charge in [0.05, 0.1) is 0 Å². The standard InChI is InChI=1S/C77H152N4O3/c1-7-13-19-25-29-33-42-55-68-79(69-56-43-34-30-26-20-14-8-2)74(82)60-48-39-37-41-51-63-77(64-52-47-50-62-76(84)78(66-53-23-17-11-5)67-54-24-18-12-6)65-73-81(77)72-59-46-38-40-49-61-75(83)80(70-57-44-35-31-27-21-15-9-3)71-58-45-36-32-28-22-16-10-4/h7-73H2,1-6H3. The molecule has 1 unspecified atom stereocenters. The molecular weight excluding hydrogens is 1030 g/mol. The normalized spacial score (nSPS) is 14.4. The van der Waals surface area contributed by atoms with Crippen molar-refractivity contribution in [1.82, 2.24) is 19.6 Å². The van der Waals surface area contributed by atoms with Crippen LogP contribution in [0.15, 0.2) is 0 Å². The summed E-state index contributed by atoms with van der Waals surface area (Å²) in [5.74, 6) is 1.25. The highest BCUT2D eigenvalue weighted by atomic mass is 16.2. The van der Waals surface area contributed by atoms with Crippen molar-refractivity contribution in [2.24, 2.45) is 0 Å². The zero-order chi connectivity index (χ0) is 60.9. The number of hydrogen-bond acceptors (Lipinski definition) is 4. The Balaban J connectivity index is 2.78. The highest BCUT2D eigenvalue weighted by Gasteiger charge is 2.42. The Morgan fingerprint density at radius 3 is 0.714 bits per heavy atom. The van der Waals surface area contributed by atoms with Crippen LogP contribution in [0.5, 0.6) is 0 Å². The van der Waals surface area contributed by atoms with Crippen LogP contribution in [0.3, 0.4) is 0 Å². The SMILES string of the molecule is CCCCCCCCCCN(CCCCCCCCCC)C(=O)CCCCCCCN1CCC1(CCCCCCCC(=O)N(CCCCCCCCCC)CCCCCCCCCC)CCCCCC(=O)N(CCCCCC)CCCCCC. The molecule has 1 aliphatic heterocycles. The second-order valence-corrected chi connectivity index (χ2v) is 27.5. The van der Waals surface area contributed by atoms with Crippen LogP contribution < -0.4 is 0 Å². The number of carbonyl (C=O) groups excluding carboxylic acids is 3. The highest BCUT2D eigenvalue weighted by molar-refractivity contribution is 5.77. The van der Waals surface area contributed by atoms with Gasteiger partial charge in [-0.15, -0.1) is 0 Å². The second-order valence-electron chi connectivity index (χ2n) is 27.5. The fraction of sp³-hybridized carbons (Fsp3) is 0.961. The average Bonchev–Trinajstić information content (AvgIpc) is 3.58. The number of carbonyl (C=O) groups is 3. The molecule has 1 rings (SSSR count). The maximum atomic E-state index is 13.7. The lowest BCUT2D eigenvalue weighted by atomic mass is 9.75. The number of rotatable bonds is 68. The zero-order valence-corrected chi connectivity index (χ0v) is 58.4. The van der Waals surface area contributed by atoms with Crippen LogP contribution in [0.25, 0.3) is 0 Å². The van der Waals surface area contributed by atoms with Crippen LogP contribution in [0, 0.1) is 0 Å². The van der Waals surface area contributed by atoms with Crippen LogP contribution in [0.2, 0.25) is 0 Å². The first-order chi connectivity index (χ1) is 41.3.